The Balaban J connectivity index is 4.12. The van der Waals surface area contributed by atoms with Crippen LogP contribution in [0.5, 0.6) is 0 Å². The molecule has 10 heteroatoms. The van der Waals surface area contributed by atoms with Crippen molar-refractivity contribution in [3.8, 4) is 0 Å². The highest BCUT2D eigenvalue weighted by atomic mass is 31.2. The Morgan fingerprint density at radius 3 is 1.22 bits per heavy atom. The summed E-state index contributed by atoms with van der Waals surface area (Å²) in [6, 6.07) is -0.890. The number of carbonyl (C=O) groups is 1. The lowest BCUT2D eigenvalue weighted by Gasteiger charge is -2.25. The molecule has 4 unspecified atom stereocenters. The molecule has 55 heavy (non-hydrogen) atoms. The van der Waals surface area contributed by atoms with E-state index in [1.165, 1.54) is 173 Å². The van der Waals surface area contributed by atoms with Crippen LogP contribution in [0.2, 0.25) is 0 Å². The number of aliphatic hydroxyl groups excluding tert-OH is 2. The first-order valence-corrected chi connectivity index (χ1v) is 25.2. The molecular weight excluding hydrogens is 711 g/mol. The van der Waals surface area contributed by atoms with Crippen LogP contribution in [0, 0.1) is 0 Å². The van der Waals surface area contributed by atoms with E-state index in [9.17, 15) is 24.5 Å². The summed E-state index contributed by atoms with van der Waals surface area (Å²) in [6.45, 7) is 4.07. The highest BCUT2D eigenvalue weighted by Gasteiger charge is 2.28. The summed E-state index contributed by atoms with van der Waals surface area (Å²) in [7, 11) is -4.37. The average molecular weight is 805 g/mol. The zero-order valence-electron chi connectivity index (χ0n) is 36.3. The fraction of sp³-hybridized carbons (Fsp3) is 0.978. The van der Waals surface area contributed by atoms with Gasteiger partial charge in [-0.25, -0.2) is 4.57 Å². The Labute approximate surface area is 340 Å². The van der Waals surface area contributed by atoms with Crippen LogP contribution in [0.25, 0.3) is 0 Å². The van der Waals surface area contributed by atoms with E-state index < -0.39 is 32.0 Å². The number of phosphoric ester groups is 1. The number of rotatable bonds is 45. The Kier molecular flexibility index (Phi) is 41.2. The minimum absolute atomic E-state index is 0.0627. The van der Waals surface area contributed by atoms with E-state index in [1.54, 1.807) is 0 Å². The lowest BCUT2D eigenvalue weighted by molar-refractivity contribution is -0.125. The van der Waals surface area contributed by atoms with Gasteiger partial charge in [0.1, 0.15) is 0 Å². The fourth-order valence-electron chi connectivity index (χ4n) is 7.42. The average Bonchev–Trinajstić information content (AvgIpc) is 3.16. The molecule has 4 atom stereocenters. The molecule has 0 aliphatic rings. The first kappa shape index (κ1) is 54.5. The molecule has 0 fully saturated rings. The maximum Gasteiger partial charge on any atom is 0.472 e. The zero-order chi connectivity index (χ0) is 40.5. The molecule has 1 amide bonds. The van der Waals surface area contributed by atoms with Crippen molar-refractivity contribution in [1.82, 2.24) is 5.32 Å². The summed E-state index contributed by atoms with van der Waals surface area (Å²) < 4.78 is 22.2. The number of carbonyl (C=O) groups excluding carboxylic acids is 1. The minimum atomic E-state index is -4.37. The largest absolute Gasteiger partial charge is 0.472 e. The van der Waals surface area contributed by atoms with Gasteiger partial charge in [-0.3, -0.25) is 13.8 Å². The van der Waals surface area contributed by atoms with Crippen LogP contribution >= 0.6 is 7.82 Å². The molecule has 0 aromatic carbocycles. The van der Waals surface area contributed by atoms with E-state index in [0.717, 1.165) is 38.5 Å². The molecule has 330 valence electrons. The van der Waals surface area contributed by atoms with E-state index in [-0.39, 0.29) is 26.2 Å². The van der Waals surface area contributed by atoms with Gasteiger partial charge in [-0.05, 0) is 12.8 Å². The predicted octanol–water partition coefficient (Wildman–Crippen LogP) is 12.4. The van der Waals surface area contributed by atoms with Crippen LogP contribution in [0.1, 0.15) is 245 Å². The standard InChI is InChI=1S/C45H93N2O7P/c1-3-5-7-9-11-13-15-17-18-19-20-21-22-23-25-26-28-30-32-34-36-42(48)40-45(50)47-43(41-54-55(51,52)53-39-38-46)44(49)37-35-33-31-29-27-24-16-14-12-10-8-6-4-2/h42-44,48-49H,3-41,46H2,1-2H3,(H,47,50)(H,51,52). The fourth-order valence-corrected chi connectivity index (χ4v) is 8.18. The summed E-state index contributed by atoms with van der Waals surface area (Å²) >= 11 is 0. The quantitative estimate of drug-likeness (QED) is 0.0301. The molecule has 9 nitrogen and oxygen atoms in total. The summed E-state index contributed by atoms with van der Waals surface area (Å²) in [5.41, 5.74) is 5.37. The summed E-state index contributed by atoms with van der Waals surface area (Å²) in [5.74, 6) is -0.408. The third kappa shape index (κ3) is 40.0. The van der Waals surface area contributed by atoms with Crippen molar-refractivity contribution in [3.05, 3.63) is 0 Å². The summed E-state index contributed by atoms with van der Waals surface area (Å²) in [4.78, 5) is 22.8. The van der Waals surface area contributed by atoms with Crippen LogP contribution in [0.15, 0.2) is 0 Å². The van der Waals surface area contributed by atoms with Crippen LogP contribution in [-0.2, 0) is 18.4 Å². The lowest BCUT2D eigenvalue weighted by Crippen LogP contribution is -2.47. The number of hydrogen-bond donors (Lipinski definition) is 5. The van der Waals surface area contributed by atoms with Crippen molar-refractivity contribution >= 4 is 13.7 Å². The molecule has 0 saturated carbocycles. The second-order valence-electron chi connectivity index (χ2n) is 16.5. The van der Waals surface area contributed by atoms with Gasteiger partial charge in [0.05, 0.1) is 37.9 Å². The number of nitrogens with two attached hydrogens (primary N) is 1. The molecule has 0 aromatic heterocycles. The highest BCUT2D eigenvalue weighted by Crippen LogP contribution is 2.43. The number of nitrogens with one attached hydrogen (secondary N) is 1. The Morgan fingerprint density at radius 2 is 0.873 bits per heavy atom. The molecular formula is C45H93N2O7P. The Hall–Kier alpha value is -0.540. The molecule has 0 heterocycles. The van der Waals surface area contributed by atoms with E-state index in [1.807, 2.05) is 0 Å². The van der Waals surface area contributed by atoms with Crippen molar-refractivity contribution in [3.63, 3.8) is 0 Å². The van der Waals surface area contributed by atoms with E-state index in [0.29, 0.717) is 12.8 Å². The van der Waals surface area contributed by atoms with Crippen LogP contribution in [0.4, 0.5) is 0 Å². The second-order valence-corrected chi connectivity index (χ2v) is 18.0. The topological polar surface area (TPSA) is 151 Å². The van der Waals surface area contributed by atoms with Gasteiger partial charge < -0.3 is 26.2 Å². The summed E-state index contributed by atoms with van der Waals surface area (Å²) in [5, 5.41) is 24.2. The van der Waals surface area contributed by atoms with Gasteiger partial charge in [0, 0.05) is 6.54 Å². The van der Waals surface area contributed by atoms with Crippen LogP contribution < -0.4 is 11.1 Å². The van der Waals surface area contributed by atoms with Crippen molar-refractivity contribution in [2.24, 2.45) is 5.73 Å². The van der Waals surface area contributed by atoms with Crippen molar-refractivity contribution < 1.29 is 33.5 Å². The van der Waals surface area contributed by atoms with Gasteiger partial charge in [-0.2, -0.15) is 0 Å². The maximum absolute atomic E-state index is 12.8. The molecule has 0 spiro atoms. The Bertz CT molecular complexity index is 852. The lowest BCUT2D eigenvalue weighted by atomic mass is 10.0. The number of aliphatic hydroxyl groups is 2. The summed E-state index contributed by atoms with van der Waals surface area (Å²) in [6.07, 6.45) is 41.5. The predicted molar refractivity (Wildman–Crippen MR) is 232 cm³/mol. The highest BCUT2D eigenvalue weighted by molar-refractivity contribution is 7.47. The molecule has 0 aliphatic heterocycles. The van der Waals surface area contributed by atoms with Crippen molar-refractivity contribution in [2.75, 3.05) is 19.8 Å². The minimum Gasteiger partial charge on any atom is -0.393 e. The first-order chi connectivity index (χ1) is 26.8. The molecule has 6 N–H and O–H groups in total. The normalized spacial score (nSPS) is 14.5. The maximum atomic E-state index is 12.8. The molecule has 0 saturated heterocycles. The van der Waals surface area contributed by atoms with Gasteiger partial charge in [0.15, 0.2) is 0 Å². The molecule has 0 radical (unpaired) electrons. The molecule has 0 aliphatic carbocycles. The van der Waals surface area contributed by atoms with Gasteiger partial charge in [0.2, 0.25) is 5.91 Å². The third-order valence-electron chi connectivity index (χ3n) is 11.0. The monoisotopic (exact) mass is 805 g/mol. The molecule has 0 aromatic rings. The van der Waals surface area contributed by atoms with Gasteiger partial charge >= 0.3 is 7.82 Å². The van der Waals surface area contributed by atoms with Crippen molar-refractivity contribution in [1.29, 1.82) is 0 Å². The Morgan fingerprint density at radius 1 is 0.545 bits per heavy atom. The van der Waals surface area contributed by atoms with E-state index in [2.05, 4.69) is 19.2 Å². The van der Waals surface area contributed by atoms with E-state index in [4.69, 9.17) is 14.8 Å². The number of amides is 1. The zero-order valence-corrected chi connectivity index (χ0v) is 37.2. The third-order valence-corrected chi connectivity index (χ3v) is 12.0. The smallest absolute Gasteiger partial charge is 0.393 e. The SMILES string of the molecule is CCCCCCCCCCCCCCCCCCCCCCC(O)CC(=O)NC(COP(=O)(O)OCCN)C(O)CCCCCCCCCCCCCCC. The van der Waals surface area contributed by atoms with Gasteiger partial charge in [0.25, 0.3) is 0 Å². The van der Waals surface area contributed by atoms with Crippen LogP contribution in [-0.4, -0.2) is 59.0 Å². The molecule has 0 bridgehead atoms. The van der Waals surface area contributed by atoms with Gasteiger partial charge in [-0.15, -0.1) is 0 Å². The number of hydrogen-bond acceptors (Lipinski definition) is 7. The van der Waals surface area contributed by atoms with E-state index >= 15 is 0 Å². The van der Waals surface area contributed by atoms with Crippen molar-refractivity contribution in [2.45, 2.75) is 263 Å². The van der Waals surface area contributed by atoms with Crippen LogP contribution in [0.3, 0.4) is 0 Å². The molecule has 0 rings (SSSR count). The first-order valence-electron chi connectivity index (χ1n) is 23.7. The van der Waals surface area contributed by atoms with Gasteiger partial charge in [-0.1, -0.05) is 226 Å². The number of phosphoric acid groups is 1. The second kappa shape index (κ2) is 41.6. The number of unbranched alkanes of at least 4 members (excludes halogenated alkanes) is 31.